The number of pyridine rings is 1. The van der Waals surface area contributed by atoms with Crippen molar-refractivity contribution in [3.05, 3.63) is 36.2 Å². The van der Waals surface area contributed by atoms with E-state index in [-0.39, 0.29) is 12.3 Å². The Bertz CT molecular complexity index is 1070. The van der Waals surface area contributed by atoms with Crippen LogP contribution in [0, 0.1) is 0 Å². The first kappa shape index (κ1) is 20.8. The van der Waals surface area contributed by atoms with Gasteiger partial charge in [-0.25, -0.2) is 13.2 Å². The van der Waals surface area contributed by atoms with Crippen LogP contribution in [0.15, 0.2) is 30.6 Å². The second-order valence-corrected chi connectivity index (χ2v) is 10.5. The van der Waals surface area contributed by atoms with E-state index < -0.39 is 21.3 Å². The minimum absolute atomic E-state index is 0.251. The minimum atomic E-state index is -3.21. The van der Waals surface area contributed by atoms with Crippen molar-refractivity contribution in [2.75, 3.05) is 37.6 Å². The molecule has 0 saturated carbocycles. The molecule has 9 nitrogen and oxygen atoms in total. The fourth-order valence-electron chi connectivity index (χ4n) is 3.95. The number of amides is 3. The lowest BCUT2D eigenvalue weighted by Crippen LogP contribution is -2.50. The number of nitrogens with one attached hydrogen (secondary N) is 1. The van der Waals surface area contributed by atoms with Gasteiger partial charge in [0.25, 0.3) is 0 Å². The average molecular weight is 434 g/mol. The third-order valence-electron chi connectivity index (χ3n) is 5.74. The lowest BCUT2D eigenvalue weighted by Gasteiger charge is -2.34. The first-order valence-corrected chi connectivity index (χ1v) is 11.7. The summed E-state index contributed by atoms with van der Waals surface area (Å²) in [6, 6.07) is 5.57. The van der Waals surface area contributed by atoms with E-state index in [2.05, 4.69) is 16.3 Å². The molecule has 2 aromatic heterocycles. The summed E-state index contributed by atoms with van der Waals surface area (Å²) in [6.07, 6.45) is 4.14. The lowest BCUT2D eigenvalue weighted by atomic mass is 10.2. The molecular formula is C20H27N5O4S. The second kappa shape index (κ2) is 8.01. The van der Waals surface area contributed by atoms with Gasteiger partial charge in [-0.1, -0.05) is 0 Å². The third kappa shape index (κ3) is 3.94. The Kier molecular flexibility index (Phi) is 5.56. The number of imide groups is 1. The maximum Gasteiger partial charge on any atom is 0.328 e. The van der Waals surface area contributed by atoms with Gasteiger partial charge < -0.3 is 4.40 Å². The summed E-state index contributed by atoms with van der Waals surface area (Å²) >= 11 is 0. The molecule has 1 N–H and O–H groups in total. The topological polar surface area (TPSA) is 94.4 Å². The monoisotopic (exact) mass is 433 g/mol. The van der Waals surface area contributed by atoms with Gasteiger partial charge in [0, 0.05) is 58.1 Å². The third-order valence-corrected chi connectivity index (χ3v) is 8.02. The van der Waals surface area contributed by atoms with E-state index in [0.29, 0.717) is 39.3 Å². The van der Waals surface area contributed by atoms with E-state index in [4.69, 9.17) is 0 Å². The number of urea groups is 1. The van der Waals surface area contributed by atoms with E-state index in [1.807, 2.05) is 28.9 Å². The molecule has 2 saturated heterocycles. The molecule has 4 heterocycles. The van der Waals surface area contributed by atoms with Gasteiger partial charge in [0.15, 0.2) is 0 Å². The first-order valence-electron chi connectivity index (χ1n) is 10.2. The zero-order valence-electron chi connectivity index (χ0n) is 17.2. The molecule has 30 heavy (non-hydrogen) atoms. The first-order chi connectivity index (χ1) is 14.3. The van der Waals surface area contributed by atoms with Crippen LogP contribution < -0.4 is 10.2 Å². The van der Waals surface area contributed by atoms with Crippen molar-refractivity contribution in [3.63, 3.8) is 0 Å². The molecule has 0 unspecified atom stereocenters. The van der Waals surface area contributed by atoms with Gasteiger partial charge in [0.1, 0.15) is 0 Å². The number of nitrogens with zero attached hydrogens (tertiary/aromatic N) is 4. The Morgan fingerprint density at radius 3 is 2.40 bits per heavy atom. The van der Waals surface area contributed by atoms with Gasteiger partial charge in [-0.3, -0.25) is 19.9 Å². The molecule has 162 valence electrons. The van der Waals surface area contributed by atoms with E-state index in [1.54, 1.807) is 23.1 Å². The summed E-state index contributed by atoms with van der Waals surface area (Å²) in [6.45, 7) is 6.86. The number of anilines is 1. The predicted molar refractivity (Wildman–Crippen MR) is 114 cm³/mol. The number of fused-ring (bicyclic) bond motifs is 1. The summed E-state index contributed by atoms with van der Waals surface area (Å²) in [7, 11) is -3.21. The van der Waals surface area contributed by atoms with Crippen molar-refractivity contribution < 1.29 is 18.0 Å². The van der Waals surface area contributed by atoms with Crippen LogP contribution in [0.3, 0.4) is 0 Å². The van der Waals surface area contributed by atoms with Crippen LogP contribution in [0.1, 0.15) is 25.8 Å². The van der Waals surface area contributed by atoms with Crippen molar-refractivity contribution >= 4 is 33.2 Å². The highest BCUT2D eigenvalue weighted by molar-refractivity contribution is 7.89. The Balaban J connectivity index is 1.47. The maximum absolute atomic E-state index is 12.3. The molecule has 2 fully saturated rings. The van der Waals surface area contributed by atoms with Crippen LogP contribution >= 0.6 is 0 Å². The van der Waals surface area contributed by atoms with Crippen LogP contribution in [0.25, 0.3) is 5.52 Å². The van der Waals surface area contributed by atoms with E-state index >= 15 is 0 Å². The molecule has 10 heteroatoms. The summed E-state index contributed by atoms with van der Waals surface area (Å²) in [4.78, 5) is 27.5. The van der Waals surface area contributed by atoms with Crippen molar-refractivity contribution in [2.45, 2.75) is 32.1 Å². The zero-order chi connectivity index (χ0) is 21.5. The largest absolute Gasteiger partial charge is 0.328 e. The maximum atomic E-state index is 12.3. The average Bonchev–Trinajstić information content (AvgIpc) is 3.11. The fraction of sp³-hybridized carbons (Fsp3) is 0.500. The number of carbonyl (C=O) groups excluding carboxylic acids is 2. The molecule has 4 rings (SSSR count). The highest BCUT2D eigenvalue weighted by Gasteiger charge is 2.29. The number of sulfonamides is 1. The van der Waals surface area contributed by atoms with Gasteiger partial charge in [-0.05, 0) is 37.6 Å². The summed E-state index contributed by atoms with van der Waals surface area (Å²) < 4.78 is 28.2. The highest BCUT2D eigenvalue weighted by atomic mass is 32.2. The van der Waals surface area contributed by atoms with Crippen molar-refractivity contribution in [1.82, 2.24) is 18.9 Å². The number of carbonyl (C=O) groups is 2. The SMILES string of the molecule is CC(C)S(=O)(=O)N1CCN(Cc2ccn3ccc(N4CCC(=O)NC4=O)c3c2)CC1. The molecule has 0 aliphatic carbocycles. The number of piperazine rings is 1. The van der Waals surface area contributed by atoms with Gasteiger partial charge in [0.2, 0.25) is 15.9 Å². The lowest BCUT2D eigenvalue weighted by molar-refractivity contribution is -0.120. The van der Waals surface area contributed by atoms with Crippen LogP contribution in [0.5, 0.6) is 0 Å². The number of hydrogen-bond donors (Lipinski definition) is 1. The fourth-order valence-corrected chi connectivity index (χ4v) is 5.21. The van der Waals surface area contributed by atoms with Crippen molar-refractivity contribution in [2.24, 2.45) is 0 Å². The van der Waals surface area contributed by atoms with Crippen molar-refractivity contribution in [1.29, 1.82) is 0 Å². The smallest absolute Gasteiger partial charge is 0.322 e. The number of hydrogen-bond acceptors (Lipinski definition) is 5. The quantitative estimate of drug-likeness (QED) is 0.766. The van der Waals surface area contributed by atoms with E-state index in [1.165, 1.54) is 0 Å². The molecular weight excluding hydrogens is 406 g/mol. The van der Waals surface area contributed by atoms with Gasteiger partial charge in [0.05, 0.1) is 16.5 Å². The van der Waals surface area contributed by atoms with Gasteiger partial charge in [-0.2, -0.15) is 4.31 Å². The predicted octanol–water partition coefficient (Wildman–Crippen LogP) is 1.24. The Labute approximate surface area is 176 Å². The molecule has 0 atom stereocenters. The number of rotatable bonds is 5. The van der Waals surface area contributed by atoms with Crippen LogP contribution in [0.4, 0.5) is 10.5 Å². The van der Waals surface area contributed by atoms with Crippen molar-refractivity contribution in [3.8, 4) is 0 Å². The van der Waals surface area contributed by atoms with Crippen LogP contribution in [-0.2, 0) is 21.4 Å². The molecule has 2 aromatic rings. The minimum Gasteiger partial charge on any atom is -0.322 e. The highest BCUT2D eigenvalue weighted by Crippen LogP contribution is 2.26. The molecule has 2 aliphatic heterocycles. The van der Waals surface area contributed by atoms with E-state index in [0.717, 1.165) is 16.8 Å². The Hall–Kier alpha value is -2.43. The Morgan fingerprint density at radius 1 is 1.03 bits per heavy atom. The molecule has 3 amide bonds. The van der Waals surface area contributed by atoms with Crippen LogP contribution in [-0.4, -0.2) is 71.9 Å². The van der Waals surface area contributed by atoms with E-state index in [9.17, 15) is 18.0 Å². The molecule has 0 aromatic carbocycles. The molecule has 0 spiro atoms. The van der Waals surface area contributed by atoms with Gasteiger partial charge in [-0.15, -0.1) is 0 Å². The molecule has 0 radical (unpaired) electrons. The molecule has 0 bridgehead atoms. The Morgan fingerprint density at radius 2 is 1.73 bits per heavy atom. The van der Waals surface area contributed by atoms with Crippen LogP contribution in [0.2, 0.25) is 0 Å². The zero-order valence-corrected chi connectivity index (χ0v) is 18.1. The molecule has 2 aliphatic rings. The normalized spacial score (nSPS) is 19.6. The standard InChI is InChI=1S/C20H27N5O4S/c1-15(2)30(28,29)24-11-9-22(10-12-24)14-16-3-6-23-7-4-17(18(23)13-16)25-8-5-19(26)21-20(25)27/h3-4,6-7,13,15H,5,8-12,14H2,1-2H3,(H,21,26,27). The summed E-state index contributed by atoms with van der Waals surface area (Å²) in [5.74, 6) is -0.251. The second-order valence-electron chi connectivity index (χ2n) is 8.05. The summed E-state index contributed by atoms with van der Waals surface area (Å²) in [5, 5.41) is 1.96. The van der Waals surface area contributed by atoms with Gasteiger partial charge >= 0.3 is 6.03 Å². The summed E-state index contributed by atoms with van der Waals surface area (Å²) in [5.41, 5.74) is 2.77. The number of aromatic nitrogens is 1.